The van der Waals surface area contributed by atoms with E-state index in [0.717, 1.165) is 34.9 Å². The number of nitrogens with two attached hydrogens (primary N) is 1. The fraction of sp³-hybridized carbons (Fsp3) is 0.389. The minimum absolute atomic E-state index is 0.188. The Balaban J connectivity index is 1.79. The van der Waals surface area contributed by atoms with Crippen LogP contribution in [0.3, 0.4) is 0 Å². The topological polar surface area (TPSA) is 78.3 Å². The minimum atomic E-state index is 0.188. The van der Waals surface area contributed by atoms with E-state index in [1.807, 2.05) is 38.1 Å². The van der Waals surface area contributed by atoms with E-state index in [1.54, 1.807) is 16.9 Å². The number of nitrogens with zero attached hydrogens (tertiary/aromatic N) is 4. The van der Waals surface area contributed by atoms with E-state index in [1.165, 1.54) is 0 Å². The molecule has 2 unspecified atom stereocenters. The molecule has 0 amide bonds. The van der Waals surface area contributed by atoms with Gasteiger partial charge in [0.15, 0.2) is 5.65 Å². The quantitative estimate of drug-likeness (QED) is 0.754. The van der Waals surface area contributed by atoms with Crippen LogP contribution in [0, 0.1) is 12.8 Å². The van der Waals surface area contributed by atoms with Gasteiger partial charge in [-0.05, 0) is 44.4 Å². The van der Waals surface area contributed by atoms with Gasteiger partial charge in [0, 0.05) is 18.3 Å². The Hall–Kier alpha value is -2.47. The van der Waals surface area contributed by atoms with Gasteiger partial charge in [-0.2, -0.15) is 5.10 Å². The largest absolute Gasteiger partial charge is 0.491 e. The zero-order valence-corrected chi connectivity index (χ0v) is 14.3. The van der Waals surface area contributed by atoms with Crippen molar-refractivity contribution in [3.63, 3.8) is 0 Å². The molecule has 2 N–H and O–H groups in total. The van der Waals surface area contributed by atoms with Crippen molar-refractivity contribution in [3.05, 3.63) is 42.4 Å². The minimum Gasteiger partial charge on any atom is -0.491 e. The van der Waals surface area contributed by atoms with Crippen molar-refractivity contribution in [1.82, 2.24) is 19.6 Å². The highest BCUT2D eigenvalue weighted by Crippen LogP contribution is 2.23. The number of hydrogen-bond donors (Lipinski definition) is 1. The SMILES string of the molecule is Cc1nc(-c2ccnc3ccnn23)ccc1OCC(C)CC(C)N. The average Bonchev–Trinajstić information content (AvgIpc) is 3.01. The Morgan fingerprint density at radius 2 is 2.00 bits per heavy atom. The zero-order chi connectivity index (χ0) is 17.1. The number of aryl methyl sites for hydroxylation is 1. The summed E-state index contributed by atoms with van der Waals surface area (Å²) in [6, 6.07) is 7.88. The van der Waals surface area contributed by atoms with Crippen LogP contribution >= 0.6 is 0 Å². The maximum Gasteiger partial charge on any atom is 0.155 e. The van der Waals surface area contributed by atoms with Crippen LogP contribution in [0.15, 0.2) is 36.7 Å². The zero-order valence-electron chi connectivity index (χ0n) is 14.3. The first-order chi connectivity index (χ1) is 11.5. The Labute approximate surface area is 141 Å². The van der Waals surface area contributed by atoms with Gasteiger partial charge in [-0.3, -0.25) is 0 Å². The van der Waals surface area contributed by atoms with E-state index in [-0.39, 0.29) is 6.04 Å². The standard InChI is InChI=1S/C18H23N5O/c1-12(10-13(2)19)11-24-17-5-4-15(22-14(17)3)16-6-8-20-18-7-9-21-23(16)18/h4-9,12-13H,10-11,19H2,1-3H3. The number of fused-ring (bicyclic) bond motifs is 1. The molecule has 3 rings (SSSR count). The summed E-state index contributed by atoms with van der Waals surface area (Å²) in [6.45, 7) is 6.76. The third-order valence-corrected chi connectivity index (χ3v) is 3.89. The molecule has 0 fully saturated rings. The Bertz CT molecular complexity index is 827. The summed E-state index contributed by atoms with van der Waals surface area (Å²) in [7, 11) is 0. The van der Waals surface area contributed by atoms with E-state index in [0.29, 0.717) is 12.5 Å². The molecular weight excluding hydrogens is 302 g/mol. The second-order valence-electron chi connectivity index (χ2n) is 6.34. The van der Waals surface area contributed by atoms with Gasteiger partial charge in [-0.15, -0.1) is 0 Å². The van der Waals surface area contributed by atoms with Crippen molar-refractivity contribution in [1.29, 1.82) is 0 Å². The lowest BCUT2D eigenvalue weighted by Gasteiger charge is -2.16. The highest BCUT2D eigenvalue weighted by Gasteiger charge is 2.11. The van der Waals surface area contributed by atoms with E-state index in [9.17, 15) is 0 Å². The van der Waals surface area contributed by atoms with Crippen LogP contribution in [-0.2, 0) is 0 Å². The van der Waals surface area contributed by atoms with Crippen LogP contribution < -0.4 is 10.5 Å². The highest BCUT2D eigenvalue weighted by atomic mass is 16.5. The lowest BCUT2D eigenvalue weighted by molar-refractivity contribution is 0.244. The lowest BCUT2D eigenvalue weighted by Crippen LogP contribution is -2.21. The van der Waals surface area contributed by atoms with Crippen LogP contribution in [0.5, 0.6) is 5.75 Å². The van der Waals surface area contributed by atoms with Crippen LogP contribution in [0.25, 0.3) is 17.0 Å². The summed E-state index contributed by atoms with van der Waals surface area (Å²) in [5.41, 5.74) is 9.25. The van der Waals surface area contributed by atoms with Crippen molar-refractivity contribution in [2.75, 3.05) is 6.61 Å². The number of aromatic nitrogens is 4. The predicted molar refractivity (Wildman–Crippen MR) is 93.9 cm³/mol. The van der Waals surface area contributed by atoms with E-state index >= 15 is 0 Å². The van der Waals surface area contributed by atoms with Gasteiger partial charge in [0.2, 0.25) is 0 Å². The molecular formula is C18H23N5O. The van der Waals surface area contributed by atoms with Crippen LogP contribution in [0.1, 0.15) is 26.0 Å². The van der Waals surface area contributed by atoms with Gasteiger partial charge >= 0.3 is 0 Å². The van der Waals surface area contributed by atoms with Gasteiger partial charge in [-0.1, -0.05) is 6.92 Å². The lowest BCUT2D eigenvalue weighted by atomic mass is 10.0. The van der Waals surface area contributed by atoms with Gasteiger partial charge in [-0.25, -0.2) is 14.5 Å². The molecule has 3 aromatic heterocycles. The first-order valence-corrected chi connectivity index (χ1v) is 8.19. The Kier molecular flexibility index (Phi) is 4.76. The summed E-state index contributed by atoms with van der Waals surface area (Å²) in [6.07, 6.45) is 4.44. The van der Waals surface area contributed by atoms with Crippen LogP contribution in [0.4, 0.5) is 0 Å². The molecule has 3 heterocycles. The fourth-order valence-corrected chi connectivity index (χ4v) is 2.81. The monoisotopic (exact) mass is 325 g/mol. The maximum atomic E-state index is 5.91. The predicted octanol–water partition coefficient (Wildman–Crippen LogP) is 2.85. The van der Waals surface area contributed by atoms with Gasteiger partial charge in [0.1, 0.15) is 5.75 Å². The van der Waals surface area contributed by atoms with E-state index in [4.69, 9.17) is 10.5 Å². The Morgan fingerprint density at radius 3 is 2.75 bits per heavy atom. The molecule has 0 aromatic carbocycles. The fourth-order valence-electron chi connectivity index (χ4n) is 2.81. The molecule has 0 radical (unpaired) electrons. The molecule has 0 bridgehead atoms. The van der Waals surface area contributed by atoms with Crippen molar-refractivity contribution in [2.24, 2.45) is 11.7 Å². The first kappa shape index (κ1) is 16.4. The number of pyridine rings is 1. The summed E-state index contributed by atoms with van der Waals surface area (Å²) in [5.74, 6) is 1.22. The van der Waals surface area contributed by atoms with Gasteiger partial charge in [0.25, 0.3) is 0 Å². The molecule has 0 aliphatic rings. The van der Waals surface area contributed by atoms with Gasteiger partial charge < -0.3 is 10.5 Å². The summed E-state index contributed by atoms with van der Waals surface area (Å²) < 4.78 is 7.69. The molecule has 3 aromatic rings. The van der Waals surface area contributed by atoms with Crippen molar-refractivity contribution < 1.29 is 4.74 Å². The average molecular weight is 325 g/mol. The first-order valence-electron chi connectivity index (χ1n) is 8.19. The van der Waals surface area contributed by atoms with E-state index < -0.39 is 0 Å². The normalized spacial score (nSPS) is 13.8. The molecule has 6 nitrogen and oxygen atoms in total. The molecule has 6 heteroatoms. The molecule has 2 atom stereocenters. The molecule has 24 heavy (non-hydrogen) atoms. The molecule has 0 aliphatic heterocycles. The maximum absolute atomic E-state index is 5.91. The smallest absolute Gasteiger partial charge is 0.155 e. The second kappa shape index (κ2) is 6.97. The van der Waals surface area contributed by atoms with Crippen molar-refractivity contribution >= 4 is 5.65 Å². The summed E-state index contributed by atoms with van der Waals surface area (Å²) in [4.78, 5) is 8.95. The van der Waals surface area contributed by atoms with E-state index in [2.05, 4.69) is 22.0 Å². The third kappa shape index (κ3) is 3.54. The summed E-state index contributed by atoms with van der Waals surface area (Å²) in [5, 5.41) is 4.31. The number of hydrogen-bond acceptors (Lipinski definition) is 5. The van der Waals surface area contributed by atoms with Crippen molar-refractivity contribution in [3.8, 4) is 17.1 Å². The van der Waals surface area contributed by atoms with Gasteiger partial charge in [0.05, 0.1) is 29.9 Å². The third-order valence-electron chi connectivity index (χ3n) is 3.89. The molecule has 0 spiro atoms. The molecule has 0 saturated heterocycles. The Morgan fingerprint density at radius 1 is 1.17 bits per heavy atom. The number of rotatable bonds is 6. The molecule has 0 saturated carbocycles. The van der Waals surface area contributed by atoms with Crippen molar-refractivity contribution in [2.45, 2.75) is 33.2 Å². The second-order valence-corrected chi connectivity index (χ2v) is 6.34. The van der Waals surface area contributed by atoms with Crippen LogP contribution in [0.2, 0.25) is 0 Å². The molecule has 0 aliphatic carbocycles. The highest BCUT2D eigenvalue weighted by molar-refractivity contribution is 5.59. The molecule has 126 valence electrons. The number of ether oxygens (including phenoxy) is 1. The van der Waals surface area contributed by atoms with Crippen LogP contribution in [-0.4, -0.2) is 32.2 Å². The summed E-state index contributed by atoms with van der Waals surface area (Å²) >= 11 is 0.